The second-order valence-corrected chi connectivity index (χ2v) is 5.42. The van der Waals surface area contributed by atoms with Gasteiger partial charge in [-0.25, -0.2) is 4.79 Å². The summed E-state index contributed by atoms with van der Waals surface area (Å²) >= 11 is 0. The van der Waals surface area contributed by atoms with Crippen molar-refractivity contribution in [1.82, 2.24) is 10.2 Å². The normalized spacial score (nSPS) is 24.1. The number of amides is 3. The maximum Gasteiger partial charge on any atom is 0.324 e. The SMILES string of the molecule is CC(CC(=O)O)CC(=O)NC(=O)N1C[C@@H](C)O[C@@H](C)C1. The van der Waals surface area contributed by atoms with E-state index in [1.165, 1.54) is 0 Å². The third kappa shape index (κ3) is 5.56. The fourth-order valence-electron chi connectivity index (χ4n) is 2.28. The molecule has 7 nitrogen and oxygen atoms in total. The molecule has 0 radical (unpaired) electrons. The number of ether oxygens (including phenoxy) is 1. The maximum atomic E-state index is 11.9. The molecule has 1 unspecified atom stereocenters. The standard InChI is InChI=1S/C13H22N2O5/c1-8(5-12(17)18)4-11(16)14-13(19)15-6-9(2)20-10(3)7-15/h8-10H,4-7H2,1-3H3,(H,17,18)(H,14,16,19)/t8?,9-,10+. The van der Waals surface area contributed by atoms with Crippen molar-refractivity contribution in [3.63, 3.8) is 0 Å². The maximum absolute atomic E-state index is 11.9. The Morgan fingerprint density at radius 3 is 2.30 bits per heavy atom. The molecule has 3 amide bonds. The summed E-state index contributed by atoms with van der Waals surface area (Å²) in [4.78, 5) is 35.6. The van der Waals surface area contributed by atoms with Gasteiger partial charge in [0, 0.05) is 25.9 Å². The fourth-order valence-corrected chi connectivity index (χ4v) is 2.28. The van der Waals surface area contributed by atoms with E-state index in [0.717, 1.165) is 0 Å². The van der Waals surface area contributed by atoms with Crippen molar-refractivity contribution in [3.05, 3.63) is 0 Å². The van der Waals surface area contributed by atoms with Crippen molar-refractivity contribution < 1.29 is 24.2 Å². The topological polar surface area (TPSA) is 95.9 Å². The lowest BCUT2D eigenvalue weighted by Crippen LogP contribution is -2.52. The van der Waals surface area contributed by atoms with Crippen molar-refractivity contribution in [3.8, 4) is 0 Å². The molecule has 0 saturated carbocycles. The van der Waals surface area contributed by atoms with E-state index in [2.05, 4.69) is 5.32 Å². The zero-order valence-corrected chi connectivity index (χ0v) is 12.1. The van der Waals surface area contributed by atoms with Crippen LogP contribution in [0.4, 0.5) is 4.79 Å². The van der Waals surface area contributed by atoms with Crippen LogP contribution in [0.25, 0.3) is 0 Å². The first-order valence-corrected chi connectivity index (χ1v) is 6.74. The van der Waals surface area contributed by atoms with Crippen LogP contribution in [0.2, 0.25) is 0 Å². The smallest absolute Gasteiger partial charge is 0.324 e. The Kier molecular flexibility index (Phi) is 5.94. The molecule has 1 heterocycles. The molecule has 1 fully saturated rings. The summed E-state index contributed by atoms with van der Waals surface area (Å²) < 4.78 is 5.51. The molecule has 3 atom stereocenters. The molecule has 114 valence electrons. The highest BCUT2D eigenvalue weighted by Gasteiger charge is 2.27. The summed E-state index contributed by atoms with van der Waals surface area (Å²) in [7, 11) is 0. The number of carboxylic acid groups (broad SMARTS) is 1. The minimum absolute atomic E-state index is 0.0213. The van der Waals surface area contributed by atoms with Gasteiger partial charge >= 0.3 is 12.0 Å². The molecule has 0 aliphatic carbocycles. The van der Waals surface area contributed by atoms with E-state index in [9.17, 15) is 14.4 Å². The average Bonchev–Trinajstić information content (AvgIpc) is 2.25. The van der Waals surface area contributed by atoms with Crippen LogP contribution in [0.5, 0.6) is 0 Å². The molecule has 20 heavy (non-hydrogen) atoms. The summed E-state index contributed by atoms with van der Waals surface area (Å²) in [6.07, 6.45) is -0.197. The summed E-state index contributed by atoms with van der Waals surface area (Å²) in [5.41, 5.74) is 0. The van der Waals surface area contributed by atoms with E-state index in [4.69, 9.17) is 9.84 Å². The van der Waals surface area contributed by atoms with E-state index in [1.807, 2.05) is 13.8 Å². The lowest BCUT2D eigenvalue weighted by Gasteiger charge is -2.35. The van der Waals surface area contributed by atoms with Crippen LogP contribution in [0.3, 0.4) is 0 Å². The molecule has 1 aliphatic heterocycles. The lowest BCUT2D eigenvalue weighted by atomic mass is 10.0. The van der Waals surface area contributed by atoms with E-state index in [-0.39, 0.29) is 31.0 Å². The van der Waals surface area contributed by atoms with E-state index in [1.54, 1.807) is 11.8 Å². The molecule has 7 heteroatoms. The van der Waals surface area contributed by atoms with E-state index < -0.39 is 17.9 Å². The lowest BCUT2D eigenvalue weighted by molar-refractivity contribution is -0.138. The first kappa shape index (κ1) is 16.4. The number of hydrogen-bond donors (Lipinski definition) is 2. The van der Waals surface area contributed by atoms with Crippen LogP contribution >= 0.6 is 0 Å². The molecule has 2 N–H and O–H groups in total. The molecule has 1 aliphatic rings. The number of imide groups is 1. The second-order valence-electron chi connectivity index (χ2n) is 5.42. The van der Waals surface area contributed by atoms with Crippen molar-refractivity contribution >= 4 is 17.9 Å². The van der Waals surface area contributed by atoms with Gasteiger partial charge in [0.2, 0.25) is 5.91 Å². The highest BCUT2D eigenvalue weighted by Crippen LogP contribution is 2.11. The van der Waals surface area contributed by atoms with Crippen molar-refractivity contribution in [2.24, 2.45) is 5.92 Å². The minimum atomic E-state index is -0.951. The summed E-state index contributed by atoms with van der Waals surface area (Å²) in [6, 6.07) is -0.445. The van der Waals surface area contributed by atoms with Crippen LogP contribution < -0.4 is 5.32 Å². The Hall–Kier alpha value is -1.63. The highest BCUT2D eigenvalue weighted by atomic mass is 16.5. The van der Waals surface area contributed by atoms with Crippen LogP contribution in [0, 0.1) is 5.92 Å². The predicted octanol–water partition coefficient (Wildman–Crippen LogP) is 0.833. The first-order valence-electron chi connectivity index (χ1n) is 6.74. The van der Waals surface area contributed by atoms with Crippen LogP contribution in [0.1, 0.15) is 33.6 Å². The van der Waals surface area contributed by atoms with Crippen molar-refractivity contribution in [2.45, 2.75) is 45.8 Å². The van der Waals surface area contributed by atoms with Gasteiger partial charge in [-0.3, -0.25) is 14.9 Å². The van der Waals surface area contributed by atoms with Gasteiger partial charge < -0.3 is 14.7 Å². The van der Waals surface area contributed by atoms with Crippen LogP contribution in [0.15, 0.2) is 0 Å². The molecule has 0 aromatic carbocycles. The fraction of sp³-hybridized carbons (Fsp3) is 0.769. The summed E-state index contributed by atoms with van der Waals surface area (Å²) in [6.45, 7) is 6.28. The van der Waals surface area contributed by atoms with E-state index in [0.29, 0.717) is 13.1 Å². The zero-order valence-electron chi connectivity index (χ0n) is 12.1. The number of hydrogen-bond acceptors (Lipinski definition) is 4. The van der Waals surface area contributed by atoms with Gasteiger partial charge in [-0.15, -0.1) is 0 Å². The average molecular weight is 286 g/mol. The minimum Gasteiger partial charge on any atom is -0.481 e. The molecule has 1 saturated heterocycles. The summed E-state index contributed by atoms with van der Waals surface area (Å²) in [5.74, 6) is -1.70. The van der Waals surface area contributed by atoms with Gasteiger partial charge in [-0.1, -0.05) is 6.92 Å². The van der Waals surface area contributed by atoms with Gasteiger partial charge in [-0.2, -0.15) is 0 Å². The Morgan fingerprint density at radius 2 is 1.80 bits per heavy atom. The van der Waals surface area contributed by atoms with E-state index >= 15 is 0 Å². The third-order valence-electron chi connectivity index (χ3n) is 3.01. The Bertz CT molecular complexity index is 375. The molecule has 1 rings (SSSR count). The second kappa shape index (κ2) is 7.23. The number of morpholine rings is 1. The number of carbonyl (C=O) groups excluding carboxylic acids is 2. The van der Waals surface area contributed by atoms with Gasteiger partial charge in [0.1, 0.15) is 0 Å². The molecular formula is C13H22N2O5. The Labute approximate surface area is 118 Å². The van der Waals surface area contributed by atoms with Crippen molar-refractivity contribution in [2.75, 3.05) is 13.1 Å². The summed E-state index contributed by atoms with van der Waals surface area (Å²) in [5, 5.41) is 10.9. The number of aliphatic carboxylic acids is 1. The number of carbonyl (C=O) groups is 3. The van der Waals surface area contributed by atoms with Gasteiger partial charge in [0.15, 0.2) is 0 Å². The number of carboxylic acids is 1. The third-order valence-corrected chi connectivity index (χ3v) is 3.01. The van der Waals surface area contributed by atoms with Gasteiger partial charge in [-0.05, 0) is 19.8 Å². The molecule has 0 spiro atoms. The van der Waals surface area contributed by atoms with Crippen LogP contribution in [-0.4, -0.2) is 53.2 Å². The first-order chi connectivity index (χ1) is 9.27. The zero-order chi connectivity index (χ0) is 15.3. The quantitative estimate of drug-likeness (QED) is 0.798. The monoisotopic (exact) mass is 286 g/mol. The van der Waals surface area contributed by atoms with Gasteiger partial charge in [0.25, 0.3) is 0 Å². The number of urea groups is 1. The number of rotatable bonds is 4. The Balaban J connectivity index is 2.41. The molecule has 0 aromatic heterocycles. The predicted molar refractivity (Wildman–Crippen MR) is 71.2 cm³/mol. The largest absolute Gasteiger partial charge is 0.481 e. The molecular weight excluding hydrogens is 264 g/mol. The molecule has 0 aromatic rings. The van der Waals surface area contributed by atoms with Crippen molar-refractivity contribution in [1.29, 1.82) is 0 Å². The van der Waals surface area contributed by atoms with Crippen LogP contribution in [-0.2, 0) is 14.3 Å². The Morgan fingerprint density at radius 1 is 1.25 bits per heavy atom. The van der Waals surface area contributed by atoms with Gasteiger partial charge in [0.05, 0.1) is 12.2 Å². The number of nitrogens with one attached hydrogen (secondary N) is 1. The number of nitrogens with zero attached hydrogens (tertiary/aromatic N) is 1. The molecule has 0 bridgehead atoms. The highest BCUT2D eigenvalue weighted by molar-refractivity contribution is 5.94.